The number of aromatic nitrogens is 4. The summed E-state index contributed by atoms with van der Waals surface area (Å²) in [6.45, 7) is 6.35. The third-order valence-corrected chi connectivity index (χ3v) is 5.34. The van der Waals surface area contributed by atoms with E-state index in [-0.39, 0.29) is 23.6 Å². The van der Waals surface area contributed by atoms with Crippen LogP contribution in [0, 0.1) is 0 Å². The van der Waals surface area contributed by atoms with Gasteiger partial charge in [0.05, 0.1) is 5.69 Å². The molecule has 29 heavy (non-hydrogen) atoms. The topological polar surface area (TPSA) is 81.3 Å². The van der Waals surface area contributed by atoms with E-state index in [1.807, 2.05) is 17.5 Å². The van der Waals surface area contributed by atoms with Crippen molar-refractivity contribution >= 4 is 28.0 Å². The molecule has 1 N–H and O–H groups in total. The zero-order valence-electron chi connectivity index (χ0n) is 16.4. The second kappa shape index (κ2) is 7.29. The summed E-state index contributed by atoms with van der Waals surface area (Å²) >= 11 is 1.35. The maximum Gasteiger partial charge on any atom is 0.350 e. The number of amides is 1. The number of pyridine rings is 1. The molecule has 148 valence electrons. The molecule has 4 aromatic rings. The summed E-state index contributed by atoms with van der Waals surface area (Å²) in [6.07, 6.45) is 1.62. The van der Waals surface area contributed by atoms with Crippen LogP contribution in [-0.2, 0) is 16.8 Å². The highest BCUT2D eigenvalue weighted by molar-refractivity contribution is 7.14. The van der Waals surface area contributed by atoms with Gasteiger partial charge in [0.25, 0.3) is 0 Å². The molecule has 0 unspecified atom stereocenters. The molecule has 0 aliphatic rings. The molecule has 0 aliphatic heterocycles. The summed E-state index contributed by atoms with van der Waals surface area (Å²) < 4.78 is 2.54. The Labute approximate surface area is 171 Å². The van der Waals surface area contributed by atoms with Gasteiger partial charge in [-0.3, -0.25) is 9.20 Å². The summed E-state index contributed by atoms with van der Waals surface area (Å²) in [4.78, 5) is 29.1. The average Bonchev–Trinajstić information content (AvgIpc) is 3.26. The minimum atomic E-state index is -0.352. The molecular weight excluding hydrogens is 386 g/mol. The van der Waals surface area contributed by atoms with Crippen LogP contribution in [0.3, 0.4) is 0 Å². The average molecular weight is 407 g/mol. The normalized spacial score (nSPS) is 11.7. The fourth-order valence-corrected chi connectivity index (χ4v) is 3.71. The van der Waals surface area contributed by atoms with E-state index in [1.165, 1.54) is 21.3 Å². The van der Waals surface area contributed by atoms with Gasteiger partial charge in [-0.05, 0) is 23.1 Å². The van der Waals surface area contributed by atoms with Crippen molar-refractivity contribution in [1.29, 1.82) is 0 Å². The molecule has 0 atom stereocenters. The van der Waals surface area contributed by atoms with Crippen molar-refractivity contribution in [2.24, 2.45) is 0 Å². The number of carbonyl (C=O) groups excluding carboxylic acids is 1. The molecular formula is C21H21N5O2S. The maximum atomic E-state index is 12.4. The van der Waals surface area contributed by atoms with Gasteiger partial charge in [-0.1, -0.05) is 51.1 Å². The fraction of sp³-hybridized carbons (Fsp3) is 0.238. The lowest BCUT2D eigenvalue weighted by Crippen LogP contribution is -2.28. The van der Waals surface area contributed by atoms with Gasteiger partial charge < -0.3 is 5.32 Å². The number of nitrogens with zero attached hydrogens (tertiary/aromatic N) is 4. The van der Waals surface area contributed by atoms with Crippen molar-refractivity contribution in [3.63, 3.8) is 0 Å². The number of thiazole rings is 1. The number of carbonyl (C=O) groups is 1. The van der Waals surface area contributed by atoms with E-state index in [1.54, 1.807) is 24.4 Å². The molecule has 8 heteroatoms. The first-order chi connectivity index (χ1) is 13.8. The highest BCUT2D eigenvalue weighted by Crippen LogP contribution is 2.28. The fourth-order valence-electron chi connectivity index (χ4n) is 2.97. The Morgan fingerprint density at radius 3 is 2.59 bits per heavy atom. The van der Waals surface area contributed by atoms with Crippen molar-refractivity contribution in [1.82, 2.24) is 19.2 Å². The predicted molar refractivity (Wildman–Crippen MR) is 114 cm³/mol. The Kier molecular flexibility index (Phi) is 4.79. The number of rotatable bonds is 4. The smallest absolute Gasteiger partial charge is 0.300 e. The number of nitrogens with one attached hydrogen (secondary N) is 1. The molecule has 0 radical (unpaired) electrons. The summed E-state index contributed by atoms with van der Waals surface area (Å²) in [5.41, 5.74) is 3.29. The Hall–Kier alpha value is -3.26. The number of benzene rings is 1. The Balaban J connectivity index is 1.46. The molecule has 0 aliphatic carbocycles. The molecule has 0 spiro atoms. The van der Waals surface area contributed by atoms with Crippen LogP contribution in [0.1, 0.15) is 26.3 Å². The summed E-state index contributed by atoms with van der Waals surface area (Å²) in [5, 5.41) is 9.30. The second-order valence-electron chi connectivity index (χ2n) is 7.78. The van der Waals surface area contributed by atoms with E-state index in [0.29, 0.717) is 10.8 Å². The van der Waals surface area contributed by atoms with Crippen molar-refractivity contribution in [2.45, 2.75) is 32.7 Å². The van der Waals surface area contributed by atoms with Crippen LogP contribution in [0.15, 0.2) is 58.8 Å². The first-order valence-electron chi connectivity index (χ1n) is 9.22. The number of hydrogen-bond donors (Lipinski definition) is 1. The van der Waals surface area contributed by atoms with E-state index in [2.05, 4.69) is 48.3 Å². The van der Waals surface area contributed by atoms with E-state index >= 15 is 0 Å². The highest BCUT2D eigenvalue weighted by Gasteiger charge is 2.15. The van der Waals surface area contributed by atoms with Crippen LogP contribution in [0.25, 0.3) is 16.9 Å². The second-order valence-corrected chi connectivity index (χ2v) is 8.64. The van der Waals surface area contributed by atoms with Crippen molar-refractivity contribution in [2.75, 3.05) is 5.32 Å². The molecule has 7 nitrogen and oxygen atoms in total. The van der Waals surface area contributed by atoms with Crippen LogP contribution < -0.4 is 11.0 Å². The summed E-state index contributed by atoms with van der Waals surface area (Å²) in [5.74, 6) is -0.348. The zero-order chi connectivity index (χ0) is 20.6. The van der Waals surface area contributed by atoms with Gasteiger partial charge in [-0.15, -0.1) is 16.4 Å². The first-order valence-corrected chi connectivity index (χ1v) is 10.1. The molecule has 0 saturated heterocycles. The predicted octanol–water partition coefficient (Wildman–Crippen LogP) is 3.56. The van der Waals surface area contributed by atoms with E-state index < -0.39 is 0 Å². The maximum absolute atomic E-state index is 12.4. The molecule has 1 amide bonds. The van der Waals surface area contributed by atoms with Crippen LogP contribution in [0.2, 0.25) is 0 Å². The highest BCUT2D eigenvalue weighted by atomic mass is 32.1. The lowest BCUT2D eigenvalue weighted by atomic mass is 9.86. The van der Waals surface area contributed by atoms with Crippen LogP contribution in [0.5, 0.6) is 0 Å². The molecule has 3 aromatic heterocycles. The Morgan fingerprint density at radius 1 is 1.14 bits per heavy atom. The standard InChI is InChI=1S/C21H21N5O2S/c1-21(2,3)15-9-7-14(8-10-15)16-13-29-19(22-16)23-18(27)12-26-20(28)25-11-5-4-6-17(25)24-26/h4-11,13H,12H2,1-3H3,(H,22,23,27). The van der Waals surface area contributed by atoms with E-state index in [4.69, 9.17) is 0 Å². The molecule has 1 aromatic carbocycles. The first kappa shape index (κ1) is 19.1. The van der Waals surface area contributed by atoms with Gasteiger partial charge >= 0.3 is 5.69 Å². The van der Waals surface area contributed by atoms with Gasteiger partial charge in [0.15, 0.2) is 10.8 Å². The van der Waals surface area contributed by atoms with Crippen molar-refractivity contribution in [3.8, 4) is 11.3 Å². The minimum Gasteiger partial charge on any atom is -0.300 e. The largest absolute Gasteiger partial charge is 0.350 e. The molecule has 0 bridgehead atoms. The van der Waals surface area contributed by atoms with Gasteiger partial charge in [0.2, 0.25) is 5.91 Å². The molecule has 3 heterocycles. The van der Waals surface area contributed by atoms with Gasteiger partial charge in [0, 0.05) is 17.1 Å². The molecule has 0 fully saturated rings. The minimum absolute atomic E-state index is 0.0930. The van der Waals surface area contributed by atoms with Gasteiger partial charge in [0.1, 0.15) is 6.54 Å². The lowest BCUT2D eigenvalue weighted by molar-refractivity contribution is -0.117. The number of fused-ring (bicyclic) bond motifs is 1. The summed E-state index contributed by atoms with van der Waals surface area (Å²) in [7, 11) is 0. The summed E-state index contributed by atoms with van der Waals surface area (Å²) in [6, 6.07) is 13.5. The van der Waals surface area contributed by atoms with Gasteiger partial charge in [-0.25, -0.2) is 14.5 Å². The molecule has 0 saturated carbocycles. The van der Waals surface area contributed by atoms with E-state index in [0.717, 1.165) is 15.9 Å². The Bertz CT molecular complexity index is 1230. The monoisotopic (exact) mass is 407 g/mol. The van der Waals surface area contributed by atoms with Crippen LogP contribution >= 0.6 is 11.3 Å². The van der Waals surface area contributed by atoms with Crippen LogP contribution in [-0.4, -0.2) is 25.1 Å². The molecule has 4 rings (SSSR count). The van der Waals surface area contributed by atoms with Crippen molar-refractivity contribution in [3.05, 3.63) is 70.1 Å². The number of hydrogen-bond acceptors (Lipinski definition) is 5. The third kappa shape index (κ3) is 3.97. The lowest BCUT2D eigenvalue weighted by Gasteiger charge is -2.18. The SMILES string of the molecule is CC(C)(C)c1ccc(-c2csc(NC(=O)Cn3nc4ccccn4c3=O)n2)cc1. The quantitative estimate of drug-likeness (QED) is 0.561. The van der Waals surface area contributed by atoms with E-state index in [9.17, 15) is 9.59 Å². The van der Waals surface area contributed by atoms with Gasteiger partial charge in [-0.2, -0.15) is 0 Å². The van der Waals surface area contributed by atoms with Crippen LogP contribution in [0.4, 0.5) is 5.13 Å². The third-order valence-electron chi connectivity index (χ3n) is 4.58. The zero-order valence-corrected chi connectivity index (χ0v) is 17.2. The Morgan fingerprint density at radius 2 is 1.90 bits per heavy atom. The van der Waals surface area contributed by atoms with Crippen molar-refractivity contribution < 1.29 is 4.79 Å². The number of anilines is 1.